The van der Waals surface area contributed by atoms with E-state index in [-0.39, 0.29) is 6.04 Å². The van der Waals surface area contributed by atoms with Gasteiger partial charge in [-0.15, -0.1) is 11.3 Å². The van der Waals surface area contributed by atoms with Gasteiger partial charge in [-0.1, -0.05) is 27.5 Å². The molecule has 0 fully saturated rings. The maximum Gasteiger partial charge on any atom is 0.131 e. The molecule has 0 saturated carbocycles. The third-order valence-electron chi connectivity index (χ3n) is 2.86. The van der Waals surface area contributed by atoms with Crippen LogP contribution in [0.25, 0.3) is 0 Å². The molecule has 2 heterocycles. The molecular formula is C15H11BrClNOS. The fraction of sp³-hybridized carbons (Fsp3) is 0.0667. The first-order chi connectivity index (χ1) is 9.72. The highest BCUT2D eigenvalue weighted by Gasteiger charge is 2.18. The van der Waals surface area contributed by atoms with Crippen LogP contribution in [-0.2, 0) is 0 Å². The van der Waals surface area contributed by atoms with E-state index in [0.29, 0.717) is 0 Å². The molecule has 0 bridgehead atoms. The van der Waals surface area contributed by atoms with Gasteiger partial charge in [0, 0.05) is 15.0 Å². The summed E-state index contributed by atoms with van der Waals surface area (Å²) in [6.07, 6.45) is 1.68. The van der Waals surface area contributed by atoms with Crippen LogP contribution in [0, 0.1) is 0 Å². The SMILES string of the molecule is Clc1ccc(C(Nc2ccc(Br)cc2)c2ccco2)s1. The number of hydrogen-bond donors (Lipinski definition) is 1. The average molecular weight is 369 g/mol. The number of halogens is 2. The Morgan fingerprint density at radius 3 is 2.50 bits per heavy atom. The largest absolute Gasteiger partial charge is 0.467 e. The molecular weight excluding hydrogens is 358 g/mol. The predicted molar refractivity (Wildman–Crippen MR) is 87.6 cm³/mol. The minimum absolute atomic E-state index is 0.0383. The molecule has 0 amide bonds. The number of hydrogen-bond acceptors (Lipinski definition) is 3. The van der Waals surface area contributed by atoms with Crippen molar-refractivity contribution in [3.63, 3.8) is 0 Å². The third kappa shape index (κ3) is 3.08. The number of rotatable bonds is 4. The van der Waals surface area contributed by atoms with E-state index >= 15 is 0 Å². The van der Waals surface area contributed by atoms with Crippen molar-refractivity contribution in [3.05, 3.63) is 74.2 Å². The Kier molecular flexibility index (Phi) is 4.15. The van der Waals surface area contributed by atoms with Gasteiger partial charge in [0.05, 0.1) is 10.6 Å². The van der Waals surface area contributed by atoms with Gasteiger partial charge >= 0.3 is 0 Å². The van der Waals surface area contributed by atoms with Crippen molar-refractivity contribution in [2.24, 2.45) is 0 Å². The minimum atomic E-state index is -0.0383. The Balaban J connectivity index is 1.92. The van der Waals surface area contributed by atoms with Crippen LogP contribution < -0.4 is 5.32 Å². The molecule has 3 rings (SSSR count). The molecule has 2 aromatic heterocycles. The van der Waals surface area contributed by atoms with Crippen LogP contribution in [0.1, 0.15) is 16.7 Å². The topological polar surface area (TPSA) is 25.2 Å². The second kappa shape index (κ2) is 6.04. The molecule has 0 spiro atoms. The van der Waals surface area contributed by atoms with Crippen LogP contribution in [0.4, 0.5) is 5.69 Å². The summed E-state index contributed by atoms with van der Waals surface area (Å²) in [5, 5.41) is 3.48. The van der Waals surface area contributed by atoms with E-state index in [9.17, 15) is 0 Å². The van der Waals surface area contributed by atoms with Gasteiger partial charge in [-0.25, -0.2) is 0 Å². The van der Waals surface area contributed by atoms with Gasteiger partial charge in [0.2, 0.25) is 0 Å². The number of benzene rings is 1. The fourth-order valence-corrected chi connectivity index (χ4v) is 3.32. The van der Waals surface area contributed by atoms with E-state index in [1.807, 2.05) is 48.5 Å². The molecule has 1 aromatic carbocycles. The van der Waals surface area contributed by atoms with E-state index in [4.69, 9.17) is 16.0 Å². The summed E-state index contributed by atoms with van der Waals surface area (Å²) in [7, 11) is 0. The van der Waals surface area contributed by atoms with Gasteiger partial charge in [-0.2, -0.15) is 0 Å². The molecule has 20 heavy (non-hydrogen) atoms. The second-order valence-electron chi connectivity index (χ2n) is 4.24. The number of furan rings is 1. The van der Waals surface area contributed by atoms with Gasteiger partial charge in [0.25, 0.3) is 0 Å². The normalized spacial score (nSPS) is 12.3. The molecule has 2 nitrogen and oxygen atoms in total. The summed E-state index contributed by atoms with van der Waals surface area (Å²) >= 11 is 11.0. The monoisotopic (exact) mass is 367 g/mol. The zero-order chi connectivity index (χ0) is 13.9. The van der Waals surface area contributed by atoms with Gasteiger partial charge < -0.3 is 9.73 Å². The predicted octanol–water partition coefficient (Wildman–Crippen LogP) is 5.96. The molecule has 0 radical (unpaired) electrons. The molecule has 0 aliphatic heterocycles. The zero-order valence-electron chi connectivity index (χ0n) is 10.3. The maximum absolute atomic E-state index is 6.04. The van der Waals surface area contributed by atoms with E-state index < -0.39 is 0 Å². The summed E-state index contributed by atoms with van der Waals surface area (Å²) < 4.78 is 7.37. The van der Waals surface area contributed by atoms with Crippen LogP contribution in [0.5, 0.6) is 0 Å². The fourth-order valence-electron chi connectivity index (χ4n) is 1.93. The van der Waals surface area contributed by atoms with Crippen molar-refractivity contribution in [2.75, 3.05) is 5.32 Å². The summed E-state index contributed by atoms with van der Waals surface area (Å²) in [5.74, 6) is 0.867. The average Bonchev–Trinajstić information content (AvgIpc) is 3.09. The molecule has 3 aromatic rings. The van der Waals surface area contributed by atoms with Crippen molar-refractivity contribution in [1.29, 1.82) is 0 Å². The lowest BCUT2D eigenvalue weighted by Gasteiger charge is -2.16. The Morgan fingerprint density at radius 2 is 1.90 bits per heavy atom. The smallest absolute Gasteiger partial charge is 0.131 e. The Labute approximate surface area is 134 Å². The minimum Gasteiger partial charge on any atom is -0.467 e. The highest BCUT2D eigenvalue weighted by atomic mass is 79.9. The van der Waals surface area contributed by atoms with Gasteiger partial charge in [0.15, 0.2) is 0 Å². The van der Waals surface area contributed by atoms with Crippen molar-refractivity contribution in [3.8, 4) is 0 Å². The van der Waals surface area contributed by atoms with E-state index in [2.05, 4.69) is 21.2 Å². The summed E-state index contributed by atoms with van der Waals surface area (Å²) in [5.41, 5.74) is 1.03. The number of anilines is 1. The quantitative estimate of drug-likeness (QED) is 0.614. The molecule has 5 heteroatoms. The van der Waals surface area contributed by atoms with E-state index in [0.717, 1.165) is 25.1 Å². The first-order valence-corrected chi connectivity index (χ1v) is 8.02. The summed E-state index contributed by atoms with van der Waals surface area (Å²) in [6, 6.07) is 15.8. The summed E-state index contributed by atoms with van der Waals surface area (Å²) in [6.45, 7) is 0. The zero-order valence-corrected chi connectivity index (χ0v) is 13.5. The van der Waals surface area contributed by atoms with Crippen molar-refractivity contribution >= 4 is 44.6 Å². The van der Waals surface area contributed by atoms with Crippen LogP contribution in [0.3, 0.4) is 0 Å². The molecule has 1 unspecified atom stereocenters. The van der Waals surface area contributed by atoms with Crippen molar-refractivity contribution < 1.29 is 4.42 Å². The second-order valence-corrected chi connectivity index (χ2v) is 6.90. The molecule has 102 valence electrons. The Bertz CT molecular complexity index is 678. The van der Waals surface area contributed by atoms with Gasteiger partial charge in [-0.3, -0.25) is 0 Å². The molecule has 1 N–H and O–H groups in total. The Morgan fingerprint density at radius 1 is 1.10 bits per heavy atom. The van der Waals surface area contributed by atoms with Gasteiger partial charge in [-0.05, 0) is 48.5 Å². The molecule has 1 atom stereocenters. The highest BCUT2D eigenvalue weighted by molar-refractivity contribution is 9.10. The number of thiophene rings is 1. The van der Waals surface area contributed by atoms with E-state index in [1.165, 1.54) is 0 Å². The van der Waals surface area contributed by atoms with Crippen LogP contribution in [0.15, 0.2) is 63.7 Å². The first-order valence-electron chi connectivity index (χ1n) is 6.03. The summed E-state index contributed by atoms with van der Waals surface area (Å²) in [4.78, 5) is 1.12. The Hall–Kier alpha value is -1.23. The lowest BCUT2D eigenvalue weighted by Crippen LogP contribution is -2.09. The van der Waals surface area contributed by atoms with Crippen molar-refractivity contribution in [1.82, 2.24) is 0 Å². The molecule has 0 aliphatic carbocycles. The third-order valence-corrected chi connectivity index (χ3v) is 4.69. The van der Waals surface area contributed by atoms with Gasteiger partial charge in [0.1, 0.15) is 11.8 Å². The van der Waals surface area contributed by atoms with Crippen molar-refractivity contribution in [2.45, 2.75) is 6.04 Å². The maximum atomic E-state index is 6.04. The first kappa shape index (κ1) is 13.7. The lowest BCUT2D eigenvalue weighted by atomic mass is 10.1. The highest BCUT2D eigenvalue weighted by Crippen LogP contribution is 2.34. The van der Waals surface area contributed by atoms with Crippen LogP contribution in [-0.4, -0.2) is 0 Å². The number of nitrogens with one attached hydrogen (secondary N) is 1. The van der Waals surface area contributed by atoms with E-state index in [1.54, 1.807) is 17.6 Å². The van der Waals surface area contributed by atoms with Crippen LogP contribution >= 0.6 is 38.9 Å². The molecule has 0 aliphatic rings. The lowest BCUT2D eigenvalue weighted by molar-refractivity contribution is 0.501. The molecule has 0 saturated heterocycles. The van der Waals surface area contributed by atoms with Crippen LogP contribution in [0.2, 0.25) is 4.34 Å². The standard InChI is InChI=1S/C15H11BrClNOS/c16-10-3-5-11(6-4-10)18-15(12-2-1-9-19-12)13-7-8-14(17)20-13/h1-9,15,18H.